The third-order valence-corrected chi connectivity index (χ3v) is 2.00. The van der Waals surface area contributed by atoms with Gasteiger partial charge in [0.1, 0.15) is 6.42 Å². The zero-order valence-electron chi connectivity index (χ0n) is 12.3. The van der Waals surface area contributed by atoms with E-state index in [1.807, 2.05) is 0 Å². The van der Waals surface area contributed by atoms with E-state index in [-0.39, 0.29) is 12.5 Å². The second-order valence-corrected chi connectivity index (χ2v) is 5.08. The van der Waals surface area contributed by atoms with Gasteiger partial charge in [-0.15, -0.1) is 0 Å². The zero-order chi connectivity index (χ0) is 17.6. The van der Waals surface area contributed by atoms with Crippen molar-refractivity contribution < 1.29 is 33.0 Å². The summed E-state index contributed by atoms with van der Waals surface area (Å²) in [5, 5.41) is 23.4. The van der Waals surface area contributed by atoms with Crippen LogP contribution in [0.3, 0.4) is 0 Å². The second-order valence-electron chi connectivity index (χ2n) is 5.08. The van der Waals surface area contributed by atoms with Crippen molar-refractivity contribution in [3.05, 3.63) is 18.0 Å². The number of carbonyl (C=O) groups is 2. The van der Waals surface area contributed by atoms with Crippen LogP contribution < -0.4 is 5.32 Å². The summed E-state index contributed by atoms with van der Waals surface area (Å²) in [7, 11) is 1.74. The summed E-state index contributed by atoms with van der Waals surface area (Å²) in [6, 6.07) is 0. The van der Waals surface area contributed by atoms with E-state index in [1.165, 1.54) is 6.20 Å². The maximum atomic E-state index is 11.4. The molecule has 1 aromatic heterocycles. The molecule has 0 radical (unpaired) electrons. The van der Waals surface area contributed by atoms with Gasteiger partial charge in [0.05, 0.1) is 17.4 Å². The molecule has 0 spiro atoms. The number of alkyl halides is 3. The van der Waals surface area contributed by atoms with Crippen molar-refractivity contribution in [3.63, 3.8) is 0 Å². The minimum absolute atomic E-state index is 0.222. The van der Waals surface area contributed by atoms with Crippen LogP contribution in [0.15, 0.2) is 12.4 Å². The molecule has 1 amide bonds. The summed E-state index contributed by atoms with van der Waals surface area (Å²) in [5.41, 5.74) is -0.394. The van der Waals surface area contributed by atoms with E-state index < -0.39 is 24.2 Å². The van der Waals surface area contributed by atoms with Gasteiger partial charge in [0.25, 0.3) is 5.91 Å². The van der Waals surface area contributed by atoms with Crippen LogP contribution in [0.2, 0.25) is 0 Å². The smallest absolute Gasteiger partial charge is 0.399 e. The van der Waals surface area contributed by atoms with Gasteiger partial charge in [-0.05, 0) is 13.8 Å². The molecule has 1 heterocycles. The Bertz CT molecular complexity index is 506. The normalized spacial score (nSPS) is 11.4. The summed E-state index contributed by atoms with van der Waals surface area (Å²) in [5.74, 6) is -2.07. The second kappa shape index (κ2) is 7.78. The number of halogens is 3. The fourth-order valence-corrected chi connectivity index (χ4v) is 1.11. The number of rotatable bonds is 4. The summed E-state index contributed by atoms with van der Waals surface area (Å²) >= 11 is 0. The number of aliphatic carboxylic acids is 1. The van der Waals surface area contributed by atoms with Gasteiger partial charge in [0.2, 0.25) is 0 Å². The van der Waals surface area contributed by atoms with Crippen LogP contribution in [0.25, 0.3) is 0 Å². The summed E-state index contributed by atoms with van der Waals surface area (Å²) in [6.45, 7) is 3.49. The highest BCUT2D eigenvalue weighted by molar-refractivity contribution is 5.93. The SMILES string of the molecule is Cn1cc(C(=O)NCC(C)(C)O)cn1.O=C(O)CC(F)(F)F. The fraction of sp³-hybridized carbons (Fsp3) is 0.583. The Morgan fingerprint density at radius 2 is 1.91 bits per heavy atom. The van der Waals surface area contributed by atoms with E-state index in [0.717, 1.165) is 0 Å². The van der Waals surface area contributed by atoms with Crippen LogP contribution in [0.5, 0.6) is 0 Å². The number of hydrogen-bond donors (Lipinski definition) is 3. The minimum Gasteiger partial charge on any atom is -0.481 e. The molecule has 0 aliphatic carbocycles. The number of aromatic nitrogens is 2. The Morgan fingerprint density at radius 3 is 2.18 bits per heavy atom. The molecule has 3 N–H and O–H groups in total. The number of nitrogens with zero attached hydrogens (tertiary/aromatic N) is 2. The number of carboxylic acids is 1. The Labute approximate surface area is 124 Å². The van der Waals surface area contributed by atoms with Gasteiger partial charge in [-0.25, -0.2) is 0 Å². The topological polar surface area (TPSA) is 104 Å². The highest BCUT2D eigenvalue weighted by atomic mass is 19.4. The van der Waals surface area contributed by atoms with Crippen molar-refractivity contribution in [3.8, 4) is 0 Å². The quantitative estimate of drug-likeness (QED) is 0.764. The molecular weight excluding hydrogens is 307 g/mol. The number of aryl methyl sites for hydroxylation is 1. The van der Waals surface area contributed by atoms with Gasteiger partial charge >= 0.3 is 12.1 Å². The van der Waals surface area contributed by atoms with Gasteiger partial charge in [-0.1, -0.05) is 0 Å². The van der Waals surface area contributed by atoms with E-state index in [9.17, 15) is 27.9 Å². The first-order chi connectivity index (χ1) is 9.80. The molecule has 0 fully saturated rings. The molecule has 0 unspecified atom stereocenters. The largest absolute Gasteiger partial charge is 0.481 e. The first-order valence-corrected chi connectivity index (χ1v) is 6.08. The molecule has 10 heteroatoms. The minimum atomic E-state index is -4.58. The number of nitrogens with one attached hydrogen (secondary N) is 1. The Balaban J connectivity index is 0.000000472. The summed E-state index contributed by atoms with van der Waals surface area (Å²) in [6.07, 6.45) is -3.22. The highest BCUT2D eigenvalue weighted by Gasteiger charge is 2.30. The first kappa shape index (κ1) is 19.9. The van der Waals surface area contributed by atoms with Crippen molar-refractivity contribution in [2.24, 2.45) is 7.05 Å². The van der Waals surface area contributed by atoms with Crippen molar-refractivity contribution in [1.82, 2.24) is 15.1 Å². The standard InChI is InChI=1S/C9H15N3O2.C3H3F3O2/c1-9(2,14)6-10-8(13)7-4-11-12(3)5-7;4-3(5,6)1-2(7)8/h4-5,14H,6H2,1-3H3,(H,10,13);1H2,(H,7,8). The summed E-state index contributed by atoms with van der Waals surface area (Å²) in [4.78, 5) is 20.7. The maximum Gasteiger partial charge on any atom is 0.399 e. The molecule has 0 aliphatic rings. The molecule has 0 atom stereocenters. The van der Waals surface area contributed by atoms with Crippen molar-refractivity contribution >= 4 is 11.9 Å². The van der Waals surface area contributed by atoms with Gasteiger partial charge in [-0.2, -0.15) is 18.3 Å². The van der Waals surface area contributed by atoms with E-state index in [4.69, 9.17) is 5.11 Å². The molecule has 1 rings (SSSR count). The number of carbonyl (C=O) groups excluding carboxylic acids is 1. The molecule has 0 saturated carbocycles. The van der Waals surface area contributed by atoms with Crippen LogP contribution in [-0.4, -0.2) is 50.2 Å². The molecule has 0 saturated heterocycles. The molecule has 1 aromatic rings. The van der Waals surface area contributed by atoms with Crippen LogP contribution in [0, 0.1) is 0 Å². The van der Waals surface area contributed by atoms with Crippen molar-refractivity contribution in [2.45, 2.75) is 32.0 Å². The molecule has 126 valence electrons. The average Bonchev–Trinajstić information content (AvgIpc) is 2.69. The van der Waals surface area contributed by atoms with Crippen LogP contribution in [0.4, 0.5) is 13.2 Å². The average molecular weight is 325 g/mol. The first-order valence-electron chi connectivity index (χ1n) is 6.08. The lowest BCUT2D eigenvalue weighted by Gasteiger charge is -2.16. The lowest BCUT2D eigenvalue weighted by molar-refractivity contribution is -0.166. The van der Waals surface area contributed by atoms with Crippen LogP contribution >= 0.6 is 0 Å². The van der Waals surface area contributed by atoms with Crippen molar-refractivity contribution in [2.75, 3.05) is 6.54 Å². The Hall–Kier alpha value is -2.10. The van der Waals surface area contributed by atoms with E-state index in [1.54, 1.807) is 31.8 Å². The molecule has 7 nitrogen and oxygen atoms in total. The lowest BCUT2D eigenvalue weighted by atomic mass is 10.1. The number of hydrogen-bond acceptors (Lipinski definition) is 4. The van der Waals surface area contributed by atoms with Gasteiger partial charge in [0.15, 0.2) is 0 Å². The molecular formula is C12H18F3N3O4. The fourth-order valence-electron chi connectivity index (χ4n) is 1.11. The van der Waals surface area contributed by atoms with E-state index >= 15 is 0 Å². The number of amides is 1. The number of aliphatic hydroxyl groups is 1. The molecule has 22 heavy (non-hydrogen) atoms. The highest BCUT2D eigenvalue weighted by Crippen LogP contribution is 2.18. The van der Waals surface area contributed by atoms with E-state index in [2.05, 4.69) is 10.4 Å². The van der Waals surface area contributed by atoms with E-state index in [0.29, 0.717) is 5.56 Å². The zero-order valence-corrected chi connectivity index (χ0v) is 12.3. The maximum absolute atomic E-state index is 11.4. The Morgan fingerprint density at radius 1 is 1.36 bits per heavy atom. The van der Waals surface area contributed by atoms with Crippen LogP contribution in [0.1, 0.15) is 30.6 Å². The molecule has 0 bridgehead atoms. The predicted octanol–water partition coefficient (Wildman–Crippen LogP) is 0.944. The van der Waals surface area contributed by atoms with Gasteiger partial charge in [-0.3, -0.25) is 14.3 Å². The van der Waals surface area contributed by atoms with Gasteiger partial charge < -0.3 is 15.5 Å². The third kappa shape index (κ3) is 10.7. The van der Waals surface area contributed by atoms with Gasteiger partial charge in [0, 0.05) is 19.8 Å². The number of carboxylic acid groups (broad SMARTS) is 1. The van der Waals surface area contributed by atoms with Crippen LogP contribution in [-0.2, 0) is 11.8 Å². The summed E-state index contributed by atoms with van der Waals surface area (Å²) < 4.78 is 34.3. The monoisotopic (exact) mass is 325 g/mol. The predicted molar refractivity (Wildman–Crippen MR) is 70.1 cm³/mol. The molecule has 0 aromatic carbocycles. The van der Waals surface area contributed by atoms with Crippen molar-refractivity contribution in [1.29, 1.82) is 0 Å². The Kier molecular flexibility index (Phi) is 7.04. The third-order valence-electron chi connectivity index (χ3n) is 2.00. The molecule has 0 aliphatic heterocycles. The lowest BCUT2D eigenvalue weighted by Crippen LogP contribution is -2.38.